The van der Waals surface area contributed by atoms with Crippen LogP contribution in [0.5, 0.6) is 0 Å². The molecule has 4 nitrogen and oxygen atoms in total. The van der Waals surface area contributed by atoms with Crippen LogP contribution in [0.2, 0.25) is 0 Å². The summed E-state index contributed by atoms with van der Waals surface area (Å²) < 4.78 is 0. The van der Waals surface area contributed by atoms with E-state index < -0.39 is 0 Å². The van der Waals surface area contributed by atoms with E-state index in [4.69, 9.17) is 0 Å². The normalized spacial score (nSPS) is 17.9. The standard InChI is InChI=1S/C9H19N3OS/c1-11(2)9(13)10-3-4-12-5-7-14-8-6-12/h3-8H2,1-2H3,(H,10,13). The van der Waals surface area contributed by atoms with Crippen LogP contribution in [0.25, 0.3) is 0 Å². The van der Waals surface area contributed by atoms with Crippen molar-refractivity contribution in [3.05, 3.63) is 0 Å². The minimum Gasteiger partial charge on any atom is -0.337 e. The van der Waals surface area contributed by atoms with Gasteiger partial charge in [-0.1, -0.05) is 0 Å². The van der Waals surface area contributed by atoms with Gasteiger partial charge in [0.25, 0.3) is 0 Å². The van der Waals surface area contributed by atoms with E-state index in [1.807, 2.05) is 11.8 Å². The molecule has 1 rings (SSSR count). The Morgan fingerprint density at radius 3 is 2.64 bits per heavy atom. The maximum atomic E-state index is 11.2. The monoisotopic (exact) mass is 217 g/mol. The van der Waals surface area contributed by atoms with Gasteiger partial charge in [0.2, 0.25) is 0 Å². The molecule has 0 radical (unpaired) electrons. The van der Waals surface area contributed by atoms with E-state index in [0.29, 0.717) is 0 Å². The number of carbonyl (C=O) groups is 1. The number of nitrogens with one attached hydrogen (secondary N) is 1. The molecule has 0 aromatic carbocycles. The number of thioether (sulfide) groups is 1. The second kappa shape index (κ2) is 6.14. The summed E-state index contributed by atoms with van der Waals surface area (Å²) in [6, 6.07) is -0.00335. The molecular weight excluding hydrogens is 198 g/mol. The van der Waals surface area contributed by atoms with Gasteiger partial charge < -0.3 is 10.2 Å². The molecular formula is C9H19N3OS. The SMILES string of the molecule is CN(C)C(=O)NCCN1CCSCC1. The Kier molecular flexibility index (Phi) is 5.11. The number of carbonyl (C=O) groups excluding carboxylic acids is 1. The van der Waals surface area contributed by atoms with Crippen molar-refractivity contribution in [2.24, 2.45) is 0 Å². The molecule has 1 aliphatic heterocycles. The second-order valence-electron chi connectivity index (χ2n) is 3.58. The first-order chi connectivity index (χ1) is 6.70. The molecule has 1 fully saturated rings. The molecule has 0 bridgehead atoms. The molecule has 0 spiro atoms. The van der Waals surface area contributed by atoms with Gasteiger partial charge in [0, 0.05) is 51.8 Å². The van der Waals surface area contributed by atoms with E-state index >= 15 is 0 Å². The van der Waals surface area contributed by atoms with Gasteiger partial charge in [-0.3, -0.25) is 4.90 Å². The van der Waals surface area contributed by atoms with Crippen molar-refractivity contribution in [2.45, 2.75) is 0 Å². The van der Waals surface area contributed by atoms with E-state index in [-0.39, 0.29) is 6.03 Å². The summed E-state index contributed by atoms with van der Waals surface area (Å²) in [4.78, 5) is 15.1. The van der Waals surface area contributed by atoms with Crippen molar-refractivity contribution in [2.75, 3.05) is 51.8 Å². The van der Waals surface area contributed by atoms with Gasteiger partial charge in [0.1, 0.15) is 0 Å². The van der Waals surface area contributed by atoms with Crippen LogP contribution >= 0.6 is 11.8 Å². The number of amides is 2. The lowest BCUT2D eigenvalue weighted by atomic mass is 10.4. The van der Waals surface area contributed by atoms with E-state index in [2.05, 4.69) is 10.2 Å². The van der Waals surface area contributed by atoms with Crippen molar-refractivity contribution in [1.29, 1.82) is 0 Å². The van der Waals surface area contributed by atoms with Crippen molar-refractivity contribution < 1.29 is 4.79 Å². The average Bonchev–Trinajstić information content (AvgIpc) is 2.19. The zero-order valence-electron chi connectivity index (χ0n) is 8.95. The average molecular weight is 217 g/mol. The summed E-state index contributed by atoms with van der Waals surface area (Å²) in [5, 5.41) is 2.87. The molecule has 0 saturated carbocycles. The number of rotatable bonds is 3. The summed E-state index contributed by atoms with van der Waals surface area (Å²) in [6.45, 7) is 4.03. The Balaban J connectivity index is 2.05. The van der Waals surface area contributed by atoms with E-state index in [1.165, 1.54) is 11.5 Å². The third kappa shape index (κ3) is 4.19. The molecule has 1 heterocycles. The molecule has 2 amide bonds. The van der Waals surface area contributed by atoms with E-state index in [0.717, 1.165) is 26.2 Å². The molecule has 14 heavy (non-hydrogen) atoms. The van der Waals surface area contributed by atoms with Gasteiger partial charge in [-0.15, -0.1) is 0 Å². The first-order valence-electron chi connectivity index (χ1n) is 4.95. The Morgan fingerprint density at radius 2 is 2.07 bits per heavy atom. The van der Waals surface area contributed by atoms with Crippen molar-refractivity contribution in [1.82, 2.24) is 15.1 Å². The summed E-state index contributed by atoms with van der Waals surface area (Å²) >= 11 is 2.01. The van der Waals surface area contributed by atoms with Crippen LogP contribution in [0.1, 0.15) is 0 Å². The third-order valence-corrected chi connectivity index (χ3v) is 3.16. The molecule has 0 aliphatic carbocycles. The molecule has 0 aromatic heterocycles. The molecule has 0 atom stereocenters. The molecule has 82 valence electrons. The van der Waals surface area contributed by atoms with Crippen LogP contribution in [0.3, 0.4) is 0 Å². The van der Waals surface area contributed by atoms with Crippen molar-refractivity contribution >= 4 is 17.8 Å². The Morgan fingerprint density at radius 1 is 1.43 bits per heavy atom. The van der Waals surface area contributed by atoms with Gasteiger partial charge in [-0.25, -0.2) is 4.79 Å². The molecule has 0 aromatic rings. The Hall–Kier alpha value is -0.420. The summed E-state index contributed by atoms with van der Waals surface area (Å²) in [5.41, 5.74) is 0. The maximum Gasteiger partial charge on any atom is 0.316 e. The second-order valence-corrected chi connectivity index (χ2v) is 4.81. The maximum absolute atomic E-state index is 11.2. The topological polar surface area (TPSA) is 35.6 Å². The van der Waals surface area contributed by atoms with Gasteiger partial charge in [-0.05, 0) is 0 Å². The quantitative estimate of drug-likeness (QED) is 0.739. The van der Waals surface area contributed by atoms with Crippen molar-refractivity contribution in [3.63, 3.8) is 0 Å². The van der Waals surface area contributed by atoms with Gasteiger partial charge >= 0.3 is 6.03 Å². The zero-order chi connectivity index (χ0) is 10.4. The van der Waals surface area contributed by atoms with E-state index in [9.17, 15) is 4.79 Å². The van der Waals surface area contributed by atoms with Crippen LogP contribution in [0.4, 0.5) is 4.79 Å². The Labute approximate surface area is 90.0 Å². The fraction of sp³-hybridized carbons (Fsp3) is 0.889. The summed E-state index contributed by atoms with van der Waals surface area (Å²) in [6.07, 6.45) is 0. The molecule has 1 saturated heterocycles. The van der Waals surface area contributed by atoms with Crippen molar-refractivity contribution in [3.8, 4) is 0 Å². The predicted molar refractivity (Wildman–Crippen MR) is 60.9 cm³/mol. The Bertz CT molecular complexity index is 181. The minimum atomic E-state index is -0.00335. The van der Waals surface area contributed by atoms with Crippen LogP contribution in [0.15, 0.2) is 0 Å². The highest BCUT2D eigenvalue weighted by Crippen LogP contribution is 2.07. The minimum absolute atomic E-state index is 0.00335. The fourth-order valence-corrected chi connectivity index (χ4v) is 2.28. The number of urea groups is 1. The highest BCUT2D eigenvalue weighted by atomic mass is 32.2. The molecule has 0 unspecified atom stereocenters. The smallest absolute Gasteiger partial charge is 0.316 e. The van der Waals surface area contributed by atoms with Gasteiger partial charge in [0.15, 0.2) is 0 Å². The first kappa shape index (κ1) is 11.7. The van der Waals surface area contributed by atoms with Crippen LogP contribution in [-0.4, -0.2) is 67.6 Å². The molecule has 5 heteroatoms. The van der Waals surface area contributed by atoms with Gasteiger partial charge in [-0.2, -0.15) is 11.8 Å². The lowest BCUT2D eigenvalue weighted by Gasteiger charge is -2.26. The van der Waals surface area contributed by atoms with E-state index in [1.54, 1.807) is 19.0 Å². The fourth-order valence-electron chi connectivity index (χ4n) is 1.30. The number of hydrogen-bond acceptors (Lipinski definition) is 3. The lowest BCUT2D eigenvalue weighted by molar-refractivity contribution is 0.214. The first-order valence-corrected chi connectivity index (χ1v) is 6.11. The summed E-state index contributed by atoms with van der Waals surface area (Å²) in [5.74, 6) is 2.45. The third-order valence-electron chi connectivity index (χ3n) is 2.21. The van der Waals surface area contributed by atoms with Gasteiger partial charge in [0.05, 0.1) is 0 Å². The largest absolute Gasteiger partial charge is 0.337 e. The highest BCUT2D eigenvalue weighted by Gasteiger charge is 2.10. The zero-order valence-corrected chi connectivity index (χ0v) is 9.77. The number of hydrogen-bond donors (Lipinski definition) is 1. The lowest BCUT2D eigenvalue weighted by Crippen LogP contribution is -2.42. The van der Waals surface area contributed by atoms with Crippen LogP contribution in [-0.2, 0) is 0 Å². The highest BCUT2D eigenvalue weighted by molar-refractivity contribution is 7.99. The van der Waals surface area contributed by atoms with Crippen LogP contribution in [0, 0.1) is 0 Å². The summed E-state index contributed by atoms with van der Waals surface area (Å²) in [7, 11) is 3.51. The predicted octanol–water partition coefficient (Wildman–Crippen LogP) is 0.306. The molecule has 1 N–H and O–H groups in total. The van der Waals surface area contributed by atoms with Crippen LogP contribution < -0.4 is 5.32 Å². The molecule has 1 aliphatic rings. The number of nitrogens with zero attached hydrogens (tertiary/aromatic N) is 2.